The Labute approximate surface area is 125 Å². The van der Waals surface area contributed by atoms with Gasteiger partial charge in [-0.1, -0.05) is 13.8 Å². The number of hydrogen-bond acceptors (Lipinski definition) is 3. The molecule has 1 aliphatic carbocycles. The monoisotopic (exact) mass is 286 g/mol. The van der Waals surface area contributed by atoms with E-state index < -0.39 is 0 Å². The molecule has 4 heteroatoms. The van der Waals surface area contributed by atoms with E-state index in [1.165, 1.54) is 16.1 Å². The van der Waals surface area contributed by atoms with Crippen molar-refractivity contribution in [3.8, 4) is 0 Å². The number of amides is 2. The highest BCUT2D eigenvalue weighted by Crippen LogP contribution is 2.31. The molecule has 0 unspecified atom stereocenters. The van der Waals surface area contributed by atoms with Gasteiger partial charge in [0, 0.05) is 13.1 Å². The van der Waals surface area contributed by atoms with Crippen LogP contribution in [0.4, 0.5) is 0 Å². The second-order valence-corrected chi connectivity index (χ2v) is 5.90. The number of fused-ring (bicyclic) bond motifs is 2. The third-order valence-electron chi connectivity index (χ3n) is 4.32. The maximum Gasteiger partial charge on any atom is 0.276 e. The molecular formula is C17H22N2O2. The first-order valence-corrected chi connectivity index (χ1v) is 7.96. The van der Waals surface area contributed by atoms with Gasteiger partial charge in [0.25, 0.3) is 11.8 Å². The average molecular weight is 286 g/mol. The van der Waals surface area contributed by atoms with Crippen LogP contribution in [0.1, 0.15) is 65.0 Å². The molecule has 0 bridgehead atoms. The van der Waals surface area contributed by atoms with E-state index in [0.717, 1.165) is 45.2 Å². The Balaban J connectivity index is 1.96. The fraction of sp³-hybridized carbons (Fsp3) is 0.529. The maximum atomic E-state index is 12.7. The Morgan fingerprint density at radius 2 is 1.43 bits per heavy atom. The lowest BCUT2D eigenvalue weighted by molar-refractivity contribution is 0.00141. The highest BCUT2D eigenvalue weighted by Gasteiger charge is 2.39. The molecular weight excluding hydrogens is 264 g/mol. The molecule has 0 fully saturated rings. The molecule has 21 heavy (non-hydrogen) atoms. The normalized spacial score (nSPS) is 16.8. The van der Waals surface area contributed by atoms with Gasteiger partial charge >= 0.3 is 0 Å². The van der Waals surface area contributed by atoms with Crippen molar-refractivity contribution in [1.29, 1.82) is 0 Å². The van der Waals surface area contributed by atoms with Gasteiger partial charge in [-0.2, -0.15) is 0 Å². The molecule has 0 radical (unpaired) electrons. The molecule has 2 aliphatic rings. The molecule has 1 aliphatic heterocycles. The number of benzene rings is 1. The lowest BCUT2D eigenvalue weighted by atomic mass is 10.0. The number of nitrogens with zero attached hydrogens (tertiary/aromatic N) is 2. The van der Waals surface area contributed by atoms with E-state index in [4.69, 9.17) is 0 Å². The van der Waals surface area contributed by atoms with E-state index in [9.17, 15) is 9.59 Å². The summed E-state index contributed by atoms with van der Waals surface area (Å²) in [6, 6.07) is 3.90. The highest BCUT2D eigenvalue weighted by atomic mass is 16.2. The topological polar surface area (TPSA) is 40.6 Å². The third-order valence-corrected chi connectivity index (χ3v) is 4.32. The molecule has 0 saturated heterocycles. The van der Waals surface area contributed by atoms with E-state index in [0.29, 0.717) is 11.1 Å². The van der Waals surface area contributed by atoms with Crippen LogP contribution in [-0.2, 0) is 12.8 Å². The summed E-state index contributed by atoms with van der Waals surface area (Å²) >= 11 is 0. The predicted octanol–water partition coefficient (Wildman–Crippen LogP) is 2.81. The van der Waals surface area contributed by atoms with Crippen molar-refractivity contribution in [1.82, 2.24) is 10.0 Å². The molecule has 4 nitrogen and oxygen atoms in total. The van der Waals surface area contributed by atoms with Gasteiger partial charge in [-0.3, -0.25) is 9.59 Å². The van der Waals surface area contributed by atoms with Crippen LogP contribution in [0.3, 0.4) is 0 Å². The number of rotatable bonds is 5. The van der Waals surface area contributed by atoms with Crippen molar-refractivity contribution in [2.24, 2.45) is 0 Å². The second-order valence-electron chi connectivity index (χ2n) is 5.90. The third kappa shape index (κ3) is 2.27. The fourth-order valence-electron chi connectivity index (χ4n) is 3.38. The molecule has 0 atom stereocenters. The standard InChI is InChI=1S/C17H22N2O2/c1-3-8-18(9-4-2)19-16(20)14-10-12-6-5-7-13(12)11-15(14)17(19)21/h10-11H,3-9H2,1-2H3. The molecule has 2 amide bonds. The first kappa shape index (κ1) is 14.3. The Hall–Kier alpha value is -1.68. The number of imide groups is 1. The van der Waals surface area contributed by atoms with Crippen molar-refractivity contribution in [2.75, 3.05) is 13.1 Å². The Morgan fingerprint density at radius 3 is 1.86 bits per heavy atom. The SMILES string of the molecule is CCCN(CCC)N1C(=O)c2cc3c(cc2C1=O)CCC3. The molecule has 112 valence electrons. The minimum absolute atomic E-state index is 0.147. The van der Waals surface area contributed by atoms with Gasteiger partial charge in [-0.05, 0) is 55.4 Å². The number of aryl methyl sites for hydroxylation is 2. The van der Waals surface area contributed by atoms with E-state index in [1.54, 1.807) is 0 Å². The van der Waals surface area contributed by atoms with E-state index in [2.05, 4.69) is 13.8 Å². The van der Waals surface area contributed by atoms with Crippen LogP contribution in [-0.4, -0.2) is 34.9 Å². The Morgan fingerprint density at radius 1 is 0.952 bits per heavy atom. The summed E-state index contributed by atoms with van der Waals surface area (Å²) in [4.78, 5) is 25.3. The largest absolute Gasteiger partial charge is 0.276 e. The van der Waals surface area contributed by atoms with Crippen LogP contribution in [0.25, 0.3) is 0 Å². The van der Waals surface area contributed by atoms with Crippen LogP contribution >= 0.6 is 0 Å². The average Bonchev–Trinajstić information content (AvgIpc) is 3.01. The van der Waals surface area contributed by atoms with Gasteiger partial charge in [0.1, 0.15) is 0 Å². The van der Waals surface area contributed by atoms with Crippen LogP contribution in [0, 0.1) is 0 Å². The number of carbonyl (C=O) groups is 2. The molecule has 1 aromatic rings. The predicted molar refractivity (Wildman–Crippen MR) is 81.1 cm³/mol. The fourth-order valence-corrected chi connectivity index (χ4v) is 3.38. The van der Waals surface area contributed by atoms with E-state index in [-0.39, 0.29) is 11.8 Å². The zero-order chi connectivity index (χ0) is 15.0. The number of hydrogen-bond donors (Lipinski definition) is 0. The van der Waals surface area contributed by atoms with Crippen LogP contribution < -0.4 is 0 Å². The zero-order valence-electron chi connectivity index (χ0n) is 12.8. The zero-order valence-corrected chi connectivity index (χ0v) is 12.8. The van der Waals surface area contributed by atoms with Crippen molar-refractivity contribution in [3.63, 3.8) is 0 Å². The minimum Gasteiger partial charge on any atom is -0.267 e. The summed E-state index contributed by atoms with van der Waals surface area (Å²) in [6.07, 6.45) is 5.02. The molecule has 0 spiro atoms. The first-order chi connectivity index (χ1) is 10.2. The van der Waals surface area contributed by atoms with Gasteiger partial charge in [0.05, 0.1) is 11.1 Å². The summed E-state index contributed by atoms with van der Waals surface area (Å²) in [5.41, 5.74) is 3.68. The smallest absolute Gasteiger partial charge is 0.267 e. The van der Waals surface area contributed by atoms with Crippen molar-refractivity contribution < 1.29 is 9.59 Å². The molecule has 1 heterocycles. The maximum absolute atomic E-state index is 12.7. The summed E-state index contributed by atoms with van der Waals surface area (Å²) in [5.74, 6) is -0.293. The van der Waals surface area contributed by atoms with Crippen LogP contribution in [0.2, 0.25) is 0 Å². The number of hydrazine groups is 1. The van der Waals surface area contributed by atoms with Crippen molar-refractivity contribution >= 4 is 11.8 Å². The Bertz CT molecular complexity index is 546. The highest BCUT2D eigenvalue weighted by molar-refractivity contribution is 6.21. The van der Waals surface area contributed by atoms with E-state index >= 15 is 0 Å². The number of carbonyl (C=O) groups excluding carboxylic acids is 2. The molecule has 3 rings (SSSR count). The molecule has 0 saturated carbocycles. The van der Waals surface area contributed by atoms with Crippen molar-refractivity contribution in [2.45, 2.75) is 46.0 Å². The van der Waals surface area contributed by atoms with Gasteiger partial charge in [0.2, 0.25) is 0 Å². The van der Waals surface area contributed by atoms with Gasteiger partial charge in [-0.25, -0.2) is 10.0 Å². The minimum atomic E-state index is -0.147. The summed E-state index contributed by atoms with van der Waals surface area (Å²) < 4.78 is 0. The summed E-state index contributed by atoms with van der Waals surface area (Å²) in [6.45, 7) is 5.60. The first-order valence-electron chi connectivity index (χ1n) is 7.96. The van der Waals surface area contributed by atoms with Crippen molar-refractivity contribution in [3.05, 3.63) is 34.4 Å². The van der Waals surface area contributed by atoms with Crippen LogP contribution in [0.15, 0.2) is 12.1 Å². The molecule has 0 N–H and O–H groups in total. The van der Waals surface area contributed by atoms with Gasteiger partial charge in [0.15, 0.2) is 0 Å². The van der Waals surface area contributed by atoms with Gasteiger partial charge in [-0.15, -0.1) is 0 Å². The van der Waals surface area contributed by atoms with E-state index in [1.807, 2.05) is 17.1 Å². The summed E-state index contributed by atoms with van der Waals surface area (Å²) in [5, 5.41) is 3.27. The molecule has 1 aromatic carbocycles. The lowest BCUT2D eigenvalue weighted by Gasteiger charge is -2.29. The molecule has 0 aromatic heterocycles. The van der Waals surface area contributed by atoms with Gasteiger partial charge < -0.3 is 0 Å². The summed E-state index contributed by atoms with van der Waals surface area (Å²) in [7, 11) is 0. The second kappa shape index (κ2) is 5.60. The quantitative estimate of drug-likeness (QED) is 0.782. The Kier molecular flexibility index (Phi) is 3.81. The lowest BCUT2D eigenvalue weighted by Crippen LogP contribution is -2.47. The van der Waals surface area contributed by atoms with Crippen LogP contribution in [0.5, 0.6) is 0 Å².